The number of anilines is 1. The van der Waals surface area contributed by atoms with E-state index in [1.165, 1.54) is 12.4 Å². The summed E-state index contributed by atoms with van der Waals surface area (Å²) in [6.45, 7) is 8.54. The predicted octanol–water partition coefficient (Wildman–Crippen LogP) is 3.07. The second kappa shape index (κ2) is 10.9. The molecule has 10 nitrogen and oxygen atoms in total. The lowest BCUT2D eigenvalue weighted by atomic mass is 10.0. The number of hydrogen-bond donors (Lipinski definition) is 1. The van der Waals surface area contributed by atoms with Crippen molar-refractivity contribution < 1.29 is 22.8 Å². The first-order valence-electron chi connectivity index (χ1n) is 12.8. The molecule has 3 unspecified atom stereocenters. The minimum atomic E-state index is -3.57. The molecule has 1 aromatic heterocycles. The first kappa shape index (κ1) is 26.5. The largest absolute Gasteiger partial charge is 0.350 e. The molecule has 11 heteroatoms. The van der Waals surface area contributed by atoms with Crippen LogP contribution in [0.1, 0.15) is 31.1 Å². The maximum Gasteiger partial charge on any atom is 0.278 e. The lowest BCUT2D eigenvalue weighted by Crippen LogP contribution is -2.34. The number of hydrogen-bond acceptors (Lipinski definition) is 8. The fourth-order valence-corrected chi connectivity index (χ4v) is 6.54. The zero-order valence-electron chi connectivity index (χ0n) is 21.8. The molecule has 3 atom stereocenters. The molecular weight excluding hydrogens is 506 g/mol. The third-order valence-corrected chi connectivity index (χ3v) is 8.80. The molecular formula is C27H33N5O5S. The van der Waals surface area contributed by atoms with Gasteiger partial charge in [-0.05, 0) is 47.6 Å². The number of benzene rings is 2. The Kier molecular flexibility index (Phi) is 7.62. The van der Waals surface area contributed by atoms with Gasteiger partial charge in [0.2, 0.25) is 16.0 Å². The standard InChI is InChI=1S/C27H33N5O5S/c1-18(2)17-36-19(3)37-30-26(33)22-11-28-27(29-12-22)31-13-23-15-32(16-24(23)14-31)38(34,35)25-9-8-20-6-4-5-7-21(20)10-25/h4-12,18-19,23-24H,13-17H2,1-3H3,(H,30,33). The Morgan fingerprint density at radius 3 is 2.32 bits per heavy atom. The van der Waals surface area contributed by atoms with Gasteiger partial charge in [0.1, 0.15) is 0 Å². The molecule has 2 aromatic carbocycles. The number of hydroxylamine groups is 1. The molecule has 5 rings (SSSR count). The minimum Gasteiger partial charge on any atom is -0.350 e. The number of nitrogens with one attached hydrogen (secondary N) is 1. The van der Waals surface area contributed by atoms with Gasteiger partial charge in [0.05, 0.1) is 17.1 Å². The molecule has 1 N–H and O–H groups in total. The Bertz CT molecular complexity index is 1380. The zero-order valence-corrected chi connectivity index (χ0v) is 22.6. The van der Waals surface area contributed by atoms with Crippen molar-refractivity contribution in [2.75, 3.05) is 37.7 Å². The van der Waals surface area contributed by atoms with Crippen LogP contribution in [0.4, 0.5) is 5.95 Å². The van der Waals surface area contributed by atoms with Crippen LogP contribution in [0.5, 0.6) is 0 Å². The Morgan fingerprint density at radius 2 is 1.66 bits per heavy atom. The van der Waals surface area contributed by atoms with Crippen LogP contribution in [0.25, 0.3) is 10.8 Å². The molecule has 3 heterocycles. The van der Waals surface area contributed by atoms with E-state index in [0.717, 1.165) is 10.8 Å². The van der Waals surface area contributed by atoms with Gasteiger partial charge in [-0.1, -0.05) is 44.2 Å². The molecule has 2 aliphatic heterocycles. The molecule has 3 aromatic rings. The quantitative estimate of drug-likeness (QED) is 0.326. The van der Waals surface area contributed by atoms with Crippen LogP contribution in [0.2, 0.25) is 0 Å². The van der Waals surface area contributed by atoms with Crippen molar-refractivity contribution >= 4 is 32.7 Å². The molecule has 38 heavy (non-hydrogen) atoms. The Balaban J connectivity index is 1.16. The second-order valence-electron chi connectivity index (χ2n) is 10.4. The van der Waals surface area contributed by atoms with Crippen LogP contribution < -0.4 is 10.4 Å². The summed E-state index contributed by atoms with van der Waals surface area (Å²) in [6, 6.07) is 13.0. The lowest BCUT2D eigenvalue weighted by molar-refractivity contribution is -0.163. The predicted molar refractivity (Wildman–Crippen MR) is 143 cm³/mol. The van der Waals surface area contributed by atoms with Gasteiger partial charge in [-0.2, -0.15) is 4.31 Å². The smallest absolute Gasteiger partial charge is 0.278 e. The first-order valence-corrected chi connectivity index (χ1v) is 14.3. The van der Waals surface area contributed by atoms with Gasteiger partial charge in [0.25, 0.3) is 5.91 Å². The highest BCUT2D eigenvalue weighted by molar-refractivity contribution is 7.89. The topological polar surface area (TPSA) is 114 Å². The fourth-order valence-electron chi connectivity index (χ4n) is 4.95. The lowest BCUT2D eigenvalue weighted by Gasteiger charge is -2.21. The summed E-state index contributed by atoms with van der Waals surface area (Å²) in [4.78, 5) is 28.7. The number of nitrogens with zero attached hydrogens (tertiary/aromatic N) is 4. The zero-order chi connectivity index (χ0) is 26.9. The summed E-state index contributed by atoms with van der Waals surface area (Å²) >= 11 is 0. The van der Waals surface area contributed by atoms with Crippen molar-refractivity contribution in [3.63, 3.8) is 0 Å². The van der Waals surface area contributed by atoms with Crippen LogP contribution in [-0.2, 0) is 19.6 Å². The van der Waals surface area contributed by atoms with Crippen LogP contribution in [0.3, 0.4) is 0 Å². The Labute approximate surface area is 223 Å². The number of carbonyl (C=O) groups is 1. The van der Waals surface area contributed by atoms with Crippen molar-refractivity contribution in [2.24, 2.45) is 17.8 Å². The van der Waals surface area contributed by atoms with E-state index < -0.39 is 22.2 Å². The summed E-state index contributed by atoms with van der Waals surface area (Å²) in [5, 5.41) is 1.93. The van der Waals surface area contributed by atoms with E-state index >= 15 is 0 Å². The van der Waals surface area contributed by atoms with E-state index in [-0.39, 0.29) is 17.4 Å². The maximum atomic E-state index is 13.4. The van der Waals surface area contributed by atoms with Crippen LogP contribution in [0, 0.1) is 17.8 Å². The molecule has 0 saturated carbocycles. The molecule has 0 spiro atoms. The van der Waals surface area contributed by atoms with E-state index in [1.54, 1.807) is 23.4 Å². The normalized spacial score (nSPS) is 20.7. The molecule has 0 aliphatic carbocycles. The van der Waals surface area contributed by atoms with Crippen LogP contribution >= 0.6 is 0 Å². The van der Waals surface area contributed by atoms with E-state index in [1.807, 2.05) is 44.2 Å². The van der Waals surface area contributed by atoms with Gasteiger partial charge in [-0.25, -0.2) is 28.7 Å². The number of ether oxygens (including phenoxy) is 1. The molecule has 2 aliphatic rings. The molecule has 0 radical (unpaired) electrons. The second-order valence-corrected chi connectivity index (χ2v) is 12.3. The van der Waals surface area contributed by atoms with E-state index in [4.69, 9.17) is 9.57 Å². The average Bonchev–Trinajstić information content (AvgIpc) is 3.51. The highest BCUT2D eigenvalue weighted by Crippen LogP contribution is 2.35. The van der Waals surface area contributed by atoms with E-state index in [2.05, 4.69) is 20.3 Å². The van der Waals surface area contributed by atoms with Crippen molar-refractivity contribution in [3.05, 3.63) is 60.4 Å². The van der Waals surface area contributed by atoms with E-state index in [9.17, 15) is 13.2 Å². The number of fused-ring (bicyclic) bond motifs is 2. The van der Waals surface area contributed by atoms with Gasteiger partial charge in [0, 0.05) is 38.6 Å². The third-order valence-electron chi connectivity index (χ3n) is 6.98. The molecule has 2 saturated heterocycles. The Morgan fingerprint density at radius 1 is 1.00 bits per heavy atom. The summed E-state index contributed by atoms with van der Waals surface area (Å²) < 4.78 is 33.8. The number of carbonyl (C=O) groups excluding carboxylic acids is 1. The maximum absolute atomic E-state index is 13.4. The number of sulfonamides is 1. The van der Waals surface area contributed by atoms with Gasteiger partial charge in [-0.3, -0.25) is 4.79 Å². The number of amides is 1. The van der Waals surface area contributed by atoms with Crippen LogP contribution in [-0.4, -0.2) is 67.7 Å². The summed E-state index contributed by atoms with van der Waals surface area (Å²) in [5.41, 5.74) is 2.64. The minimum absolute atomic E-state index is 0.192. The van der Waals surface area contributed by atoms with Gasteiger partial charge in [-0.15, -0.1) is 0 Å². The first-order chi connectivity index (χ1) is 18.2. The average molecular weight is 540 g/mol. The van der Waals surface area contributed by atoms with Crippen molar-refractivity contribution in [1.82, 2.24) is 19.8 Å². The van der Waals surface area contributed by atoms with Gasteiger partial charge in [0.15, 0.2) is 6.29 Å². The molecule has 2 fully saturated rings. The SMILES string of the molecule is CC(C)COC(C)ONC(=O)c1cnc(N2CC3CN(S(=O)(=O)c4ccc5ccccc5c4)CC3C2)nc1. The third kappa shape index (κ3) is 5.65. The highest BCUT2D eigenvalue weighted by Gasteiger charge is 2.45. The van der Waals surface area contributed by atoms with E-state index in [0.29, 0.717) is 49.5 Å². The Hall–Kier alpha value is -3.12. The molecule has 202 valence electrons. The van der Waals surface area contributed by atoms with Gasteiger partial charge < -0.3 is 9.64 Å². The van der Waals surface area contributed by atoms with Crippen molar-refractivity contribution in [3.8, 4) is 0 Å². The summed E-state index contributed by atoms with van der Waals surface area (Å²) in [5.74, 6) is 0.814. The summed E-state index contributed by atoms with van der Waals surface area (Å²) in [7, 11) is -3.57. The molecule has 1 amide bonds. The fraction of sp³-hybridized carbons (Fsp3) is 0.444. The highest BCUT2D eigenvalue weighted by atomic mass is 32.2. The van der Waals surface area contributed by atoms with Crippen molar-refractivity contribution in [1.29, 1.82) is 0 Å². The molecule has 0 bridgehead atoms. The number of aromatic nitrogens is 2. The summed E-state index contributed by atoms with van der Waals surface area (Å²) in [6.07, 6.45) is 2.35. The van der Waals surface area contributed by atoms with Crippen LogP contribution in [0.15, 0.2) is 59.8 Å². The number of rotatable bonds is 9. The van der Waals surface area contributed by atoms with Crippen molar-refractivity contribution in [2.45, 2.75) is 32.0 Å². The monoisotopic (exact) mass is 539 g/mol. The van der Waals surface area contributed by atoms with Gasteiger partial charge >= 0.3 is 0 Å².